The molecule has 2 rings (SSSR count). The maximum atomic E-state index is 12.0. The Morgan fingerprint density at radius 1 is 1.00 bits per heavy atom. The number of rotatable bonds is 6. The zero-order valence-corrected chi connectivity index (χ0v) is 15.3. The molecule has 6 heteroatoms. The third-order valence-electron chi connectivity index (χ3n) is 3.73. The first-order chi connectivity index (χ1) is 11.8. The van der Waals surface area contributed by atoms with Gasteiger partial charge in [-0.3, -0.25) is 4.79 Å². The van der Waals surface area contributed by atoms with Crippen LogP contribution in [0.5, 0.6) is 0 Å². The number of carbonyl (C=O) groups excluding carboxylic acids is 1. The first-order valence-electron chi connectivity index (χ1n) is 7.94. The predicted molar refractivity (Wildman–Crippen MR) is 101 cm³/mol. The van der Waals surface area contributed by atoms with E-state index in [-0.39, 0.29) is 10.8 Å². The highest BCUT2D eigenvalue weighted by molar-refractivity contribution is 7.89. The van der Waals surface area contributed by atoms with Crippen LogP contribution in [0.3, 0.4) is 0 Å². The Morgan fingerprint density at radius 2 is 1.60 bits per heavy atom. The van der Waals surface area contributed by atoms with Crippen LogP contribution in [0.4, 0.5) is 5.69 Å². The lowest BCUT2D eigenvalue weighted by Crippen LogP contribution is -2.18. The van der Waals surface area contributed by atoms with Crippen molar-refractivity contribution in [3.05, 3.63) is 65.7 Å². The molecule has 0 fully saturated rings. The van der Waals surface area contributed by atoms with E-state index in [0.717, 1.165) is 11.3 Å². The fraction of sp³-hybridized carbons (Fsp3) is 0.211. The van der Waals surface area contributed by atoms with Gasteiger partial charge >= 0.3 is 0 Å². The third kappa shape index (κ3) is 5.27. The van der Waals surface area contributed by atoms with Crippen molar-refractivity contribution in [2.75, 3.05) is 12.4 Å². The molecule has 2 N–H and O–H groups in total. The molecule has 0 radical (unpaired) electrons. The molecule has 0 heterocycles. The van der Waals surface area contributed by atoms with E-state index in [1.807, 2.05) is 24.3 Å². The molecule has 25 heavy (non-hydrogen) atoms. The van der Waals surface area contributed by atoms with Crippen molar-refractivity contribution >= 4 is 27.7 Å². The predicted octanol–water partition coefficient (Wildman–Crippen LogP) is 3.37. The number of nitrogens with one attached hydrogen (secondary N) is 2. The van der Waals surface area contributed by atoms with Crippen LogP contribution in [0.25, 0.3) is 6.08 Å². The molecule has 0 aliphatic carbocycles. The molecule has 0 saturated carbocycles. The largest absolute Gasteiger partial charge is 0.323 e. The van der Waals surface area contributed by atoms with Gasteiger partial charge < -0.3 is 5.32 Å². The maximum absolute atomic E-state index is 12.0. The van der Waals surface area contributed by atoms with E-state index in [0.29, 0.717) is 5.92 Å². The number of hydrogen-bond donors (Lipinski definition) is 2. The number of hydrogen-bond acceptors (Lipinski definition) is 3. The summed E-state index contributed by atoms with van der Waals surface area (Å²) in [7, 11) is -2.09. The minimum atomic E-state index is -3.45. The minimum Gasteiger partial charge on any atom is -0.323 e. The molecule has 0 unspecified atom stereocenters. The summed E-state index contributed by atoms with van der Waals surface area (Å²) >= 11 is 0. The van der Waals surface area contributed by atoms with Crippen molar-refractivity contribution in [3.63, 3.8) is 0 Å². The quantitative estimate of drug-likeness (QED) is 0.778. The van der Waals surface area contributed by atoms with Crippen LogP contribution >= 0.6 is 0 Å². The van der Waals surface area contributed by atoms with Gasteiger partial charge in [-0.1, -0.05) is 38.1 Å². The highest BCUT2D eigenvalue weighted by atomic mass is 32.2. The summed E-state index contributed by atoms with van der Waals surface area (Å²) in [6.45, 7) is 4.23. The SMILES string of the molecule is CNS(=O)(=O)c1ccc(/C=C/C(=O)Nc2ccc(C(C)C)cc2)cc1. The van der Waals surface area contributed by atoms with Crippen LogP contribution in [-0.4, -0.2) is 21.4 Å². The molecular weight excluding hydrogens is 336 g/mol. The second-order valence-corrected chi connectivity index (χ2v) is 7.76. The molecule has 0 atom stereocenters. The summed E-state index contributed by atoms with van der Waals surface area (Å²) in [5, 5.41) is 2.79. The zero-order valence-electron chi connectivity index (χ0n) is 14.5. The van der Waals surface area contributed by atoms with Crippen LogP contribution in [0.2, 0.25) is 0 Å². The van der Waals surface area contributed by atoms with Crippen LogP contribution in [-0.2, 0) is 14.8 Å². The molecule has 0 spiro atoms. The summed E-state index contributed by atoms with van der Waals surface area (Å²) in [5.74, 6) is 0.198. The van der Waals surface area contributed by atoms with E-state index in [1.165, 1.54) is 30.8 Å². The van der Waals surface area contributed by atoms with Crippen LogP contribution in [0.15, 0.2) is 59.5 Å². The molecule has 0 aromatic heterocycles. The summed E-state index contributed by atoms with van der Waals surface area (Å²) in [6.07, 6.45) is 3.05. The smallest absolute Gasteiger partial charge is 0.248 e. The van der Waals surface area contributed by atoms with Crippen molar-refractivity contribution in [1.29, 1.82) is 0 Å². The van der Waals surface area contributed by atoms with Gasteiger partial charge in [0.05, 0.1) is 4.90 Å². The second kappa shape index (κ2) is 8.09. The molecule has 132 valence electrons. The summed E-state index contributed by atoms with van der Waals surface area (Å²) in [4.78, 5) is 12.2. The van der Waals surface area contributed by atoms with Crippen molar-refractivity contribution in [2.24, 2.45) is 0 Å². The van der Waals surface area contributed by atoms with Crippen LogP contribution in [0, 0.1) is 0 Å². The average Bonchev–Trinajstić information content (AvgIpc) is 2.61. The Hall–Kier alpha value is -2.44. The number of sulfonamides is 1. The summed E-state index contributed by atoms with van der Waals surface area (Å²) < 4.78 is 25.6. The van der Waals surface area contributed by atoms with Gasteiger partial charge in [0.25, 0.3) is 0 Å². The Labute approximate surface area is 148 Å². The standard InChI is InChI=1S/C19H22N2O3S/c1-14(2)16-7-9-17(10-8-16)21-19(22)13-6-15-4-11-18(12-5-15)25(23,24)20-3/h4-14,20H,1-3H3,(H,21,22)/b13-6+. The van der Waals surface area contributed by atoms with Gasteiger partial charge in [0.2, 0.25) is 15.9 Å². The summed E-state index contributed by atoms with van der Waals surface area (Å²) in [6, 6.07) is 14.0. The summed E-state index contributed by atoms with van der Waals surface area (Å²) in [5.41, 5.74) is 2.68. The van der Waals surface area contributed by atoms with Gasteiger partial charge in [-0.25, -0.2) is 13.1 Å². The van der Waals surface area contributed by atoms with E-state index < -0.39 is 10.0 Å². The molecule has 0 aliphatic heterocycles. The van der Waals surface area contributed by atoms with Gasteiger partial charge in [0, 0.05) is 11.8 Å². The fourth-order valence-electron chi connectivity index (χ4n) is 2.18. The zero-order chi connectivity index (χ0) is 18.4. The lowest BCUT2D eigenvalue weighted by atomic mass is 10.0. The number of anilines is 1. The Bertz CT molecular complexity index is 853. The van der Waals surface area contributed by atoms with Crippen molar-refractivity contribution in [1.82, 2.24) is 4.72 Å². The molecule has 5 nitrogen and oxygen atoms in total. The minimum absolute atomic E-state index is 0.182. The second-order valence-electron chi connectivity index (χ2n) is 5.88. The maximum Gasteiger partial charge on any atom is 0.248 e. The van der Waals surface area contributed by atoms with Crippen molar-refractivity contribution < 1.29 is 13.2 Å². The lowest BCUT2D eigenvalue weighted by Gasteiger charge is -2.07. The third-order valence-corrected chi connectivity index (χ3v) is 5.16. The molecule has 2 aromatic carbocycles. The van der Waals surface area contributed by atoms with Gasteiger partial charge in [-0.2, -0.15) is 0 Å². The average molecular weight is 358 g/mol. The van der Waals surface area contributed by atoms with E-state index >= 15 is 0 Å². The molecular formula is C19H22N2O3S. The molecule has 0 bridgehead atoms. The topological polar surface area (TPSA) is 75.3 Å². The Morgan fingerprint density at radius 3 is 2.12 bits per heavy atom. The molecule has 1 amide bonds. The Balaban J connectivity index is 2.00. The van der Waals surface area contributed by atoms with Gasteiger partial charge in [-0.15, -0.1) is 0 Å². The monoisotopic (exact) mass is 358 g/mol. The first-order valence-corrected chi connectivity index (χ1v) is 9.43. The van der Waals surface area contributed by atoms with E-state index in [1.54, 1.807) is 18.2 Å². The molecule has 2 aromatic rings. The highest BCUT2D eigenvalue weighted by Crippen LogP contribution is 2.17. The highest BCUT2D eigenvalue weighted by Gasteiger charge is 2.09. The van der Waals surface area contributed by atoms with Crippen LogP contribution < -0.4 is 10.0 Å². The number of amides is 1. The number of carbonyl (C=O) groups is 1. The van der Waals surface area contributed by atoms with E-state index in [4.69, 9.17) is 0 Å². The Kier molecular flexibility index (Phi) is 6.12. The fourth-order valence-corrected chi connectivity index (χ4v) is 2.91. The molecule has 0 saturated heterocycles. The number of benzene rings is 2. The first kappa shape index (κ1) is 18.9. The normalized spacial score (nSPS) is 11.8. The van der Waals surface area contributed by atoms with E-state index in [2.05, 4.69) is 23.9 Å². The van der Waals surface area contributed by atoms with Gasteiger partial charge in [-0.05, 0) is 54.4 Å². The van der Waals surface area contributed by atoms with Crippen LogP contribution in [0.1, 0.15) is 30.9 Å². The van der Waals surface area contributed by atoms with Gasteiger partial charge in [0.15, 0.2) is 0 Å². The van der Waals surface area contributed by atoms with E-state index in [9.17, 15) is 13.2 Å². The lowest BCUT2D eigenvalue weighted by molar-refractivity contribution is -0.111. The molecule has 0 aliphatic rings. The van der Waals surface area contributed by atoms with Crippen molar-refractivity contribution in [2.45, 2.75) is 24.7 Å². The van der Waals surface area contributed by atoms with Crippen molar-refractivity contribution in [3.8, 4) is 0 Å². The van der Waals surface area contributed by atoms with Gasteiger partial charge in [0.1, 0.15) is 0 Å².